The van der Waals surface area contributed by atoms with E-state index >= 15 is 0 Å². The van der Waals surface area contributed by atoms with E-state index in [2.05, 4.69) is 19.9 Å². The van der Waals surface area contributed by atoms with E-state index in [-0.39, 0.29) is 17.6 Å². The molecule has 0 saturated heterocycles. The van der Waals surface area contributed by atoms with Gasteiger partial charge in [-0.15, -0.1) is 0 Å². The minimum atomic E-state index is -0.108. The highest BCUT2D eigenvalue weighted by atomic mass is 16.3. The van der Waals surface area contributed by atoms with Crippen LogP contribution in [0, 0.1) is 28.6 Å². The monoisotopic (exact) mass is 290 g/mol. The van der Waals surface area contributed by atoms with E-state index < -0.39 is 0 Å². The van der Waals surface area contributed by atoms with Gasteiger partial charge in [-0.05, 0) is 80.0 Å². The molecule has 0 bridgehead atoms. The molecule has 0 radical (unpaired) electrons. The van der Waals surface area contributed by atoms with Crippen LogP contribution in [-0.4, -0.2) is 22.4 Å². The van der Waals surface area contributed by atoms with Crippen molar-refractivity contribution in [2.24, 2.45) is 28.6 Å². The largest absolute Gasteiger partial charge is 0.393 e. The average molecular weight is 290 g/mol. The Balaban J connectivity index is 1.68. The summed E-state index contributed by atoms with van der Waals surface area (Å²) in [7, 11) is 0. The molecular weight excluding hydrogens is 260 g/mol. The van der Waals surface area contributed by atoms with Crippen molar-refractivity contribution >= 4 is 0 Å². The topological polar surface area (TPSA) is 40.5 Å². The quantitative estimate of drug-likeness (QED) is 0.668. The summed E-state index contributed by atoms with van der Waals surface area (Å²) in [6.07, 6.45) is 11.2. The Bertz CT molecular complexity index is 470. The van der Waals surface area contributed by atoms with Crippen LogP contribution in [0.3, 0.4) is 0 Å². The van der Waals surface area contributed by atoms with Gasteiger partial charge in [0.1, 0.15) is 0 Å². The number of rotatable bonds is 0. The number of fused-ring (bicyclic) bond motifs is 5. The SMILES string of the molecule is C[C@]12CC[C@H](O)CC1=CCC1C2CC[C@@]2(C)C1CC[C@@H]2O. The van der Waals surface area contributed by atoms with E-state index in [9.17, 15) is 10.2 Å². The Morgan fingerprint density at radius 3 is 2.62 bits per heavy atom. The Morgan fingerprint density at radius 2 is 1.81 bits per heavy atom. The summed E-state index contributed by atoms with van der Waals surface area (Å²) < 4.78 is 0. The molecule has 4 aliphatic carbocycles. The lowest BCUT2D eigenvalue weighted by Crippen LogP contribution is -2.51. The highest BCUT2D eigenvalue weighted by molar-refractivity contribution is 5.25. The maximum absolute atomic E-state index is 10.5. The van der Waals surface area contributed by atoms with Crippen LogP contribution in [-0.2, 0) is 0 Å². The molecule has 2 nitrogen and oxygen atoms in total. The van der Waals surface area contributed by atoms with Gasteiger partial charge in [-0.2, -0.15) is 0 Å². The minimum Gasteiger partial charge on any atom is -0.393 e. The molecule has 118 valence electrons. The maximum atomic E-state index is 10.5. The molecule has 0 spiro atoms. The van der Waals surface area contributed by atoms with Gasteiger partial charge in [0.25, 0.3) is 0 Å². The van der Waals surface area contributed by atoms with Crippen LogP contribution in [0.1, 0.15) is 65.2 Å². The fourth-order valence-corrected chi connectivity index (χ4v) is 6.61. The van der Waals surface area contributed by atoms with E-state index in [1.165, 1.54) is 25.7 Å². The molecule has 4 rings (SSSR count). The highest BCUT2D eigenvalue weighted by Crippen LogP contribution is 2.64. The summed E-state index contributed by atoms with van der Waals surface area (Å²) in [5.74, 6) is 2.27. The molecule has 0 aromatic carbocycles. The fourth-order valence-electron chi connectivity index (χ4n) is 6.61. The van der Waals surface area contributed by atoms with Crippen LogP contribution in [0.25, 0.3) is 0 Å². The molecule has 21 heavy (non-hydrogen) atoms. The Morgan fingerprint density at radius 1 is 1.00 bits per heavy atom. The molecule has 0 aliphatic heterocycles. The van der Waals surface area contributed by atoms with Crippen molar-refractivity contribution in [2.75, 3.05) is 0 Å². The van der Waals surface area contributed by atoms with Crippen LogP contribution >= 0.6 is 0 Å². The highest BCUT2D eigenvalue weighted by Gasteiger charge is 2.58. The molecule has 2 N–H and O–H groups in total. The normalized spacial score (nSPS) is 56.2. The second-order valence-corrected chi connectivity index (χ2v) is 8.79. The molecule has 0 amide bonds. The van der Waals surface area contributed by atoms with Crippen molar-refractivity contribution in [2.45, 2.75) is 77.4 Å². The van der Waals surface area contributed by atoms with E-state index in [1.54, 1.807) is 5.57 Å². The average Bonchev–Trinajstić information content (AvgIpc) is 2.76. The van der Waals surface area contributed by atoms with Crippen LogP contribution in [0.4, 0.5) is 0 Å². The van der Waals surface area contributed by atoms with E-state index in [0.29, 0.717) is 11.3 Å². The number of aliphatic hydroxyl groups excluding tert-OH is 2. The van der Waals surface area contributed by atoms with Gasteiger partial charge in [0.2, 0.25) is 0 Å². The maximum Gasteiger partial charge on any atom is 0.0596 e. The number of aliphatic hydroxyl groups is 2. The van der Waals surface area contributed by atoms with Crippen LogP contribution in [0.5, 0.6) is 0 Å². The zero-order valence-corrected chi connectivity index (χ0v) is 13.5. The predicted octanol–water partition coefficient (Wildman–Crippen LogP) is 3.67. The fraction of sp³-hybridized carbons (Fsp3) is 0.895. The molecule has 2 heteroatoms. The molecule has 3 unspecified atom stereocenters. The molecule has 7 atom stereocenters. The Hall–Kier alpha value is -0.340. The van der Waals surface area contributed by atoms with E-state index in [1.807, 2.05) is 0 Å². The molecule has 0 aromatic rings. The third kappa shape index (κ3) is 1.84. The van der Waals surface area contributed by atoms with Crippen molar-refractivity contribution < 1.29 is 10.2 Å². The van der Waals surface area contributed by atoms with E-state index in [0.717, 1.165) is 37.5 Å². The lowest BCUT2D eigenvalue weighted by Gasteiger charge is -2.57. The van der Waals surface area contributed by atoms with Crippen molar-refractivity contribution in [3.05, 3.63) is 11.6 Å². The third-order valence-electron chi connectivity index (χ3n) is 8.03. The van der Waals surface area contributed by atoms with Gasteiger partial charge in [-0.3, -0.25) is 0 Å². The summed E-state index contributed by atoms with van der Waals surface area (Å²) in [5, 5.41) is 20.5. The number of hydrogen-bond donors (Lipinski definition) is 2. The molecular formula is C19H30O2. The lowest BCUT2D eigenvalue weighted by molar-refractivity contribution is -0.0711. The molecule has 3 fully saturated rings. The first-order valence-corrected chi connectivity index (χ1v) is 9.01. The van der Waals surface area contributed by atoms with Gasteiger partial charge in [0.15, 0.2) is 0 Å². The zero-order valence-electron chi connectivity index (χ0n) is 13.5. The predicted molar refractivity (Wildman–Crippen MR) is 83.7 cm³/mol. The van der Waals surface area contributed by atoms with Crippen molar-refractivity contribution in [1.82, 2.24) is 0 Å². The smallest absolute Gasteiger partial charge is 0.0596 e. The summed E-state index contributed by atoms with van der Waals surface area (Å²) in [5.41, 5.74) is 2.05. The first-order chi connectivity index (χ1) is 9.95. The minimum absolute atomic E-state index is 0.0742. The van der Waals surface area contributed by atoms with Gasteiger partial charge < -0.3 is 10.2 Å². The number of allylic oxidation sites excluding steroid dienone is 1. The van der Waals surface area contributed by atoms with Gasteiger partial charge >= 0.3 is 0 Å². The van der Waals surface area contributed by atoms with Crippen molar-refractivity contribution in [3.8, 4) is 0 Å². The van der Waals surface area contributed by atoms with Crippen molar-refractivity contribution in [1.29, 1.82) is 0 Å². The van der Waals surface area contributed by atoms with Crippen LogP contribution in [0.15, 0.2) is 11.6 Å². The zero-order chi connectivity index (χ0) is 14.8. The molecule has 0 aromatic heterocycles. The van der Waals surface area contributed by atoms with Gasteiger partial charge in [0.05, 0.1) is 12.2 Å². The number of hydrogen-bond acceptors (Lipinski definition) is 2. The van der Waals surface area contributed by atoms with Crippen molar-refractivity contribution in [3.63, 3.8) is 0 Å². The second-order valence-electron chi connectivity index (χ2n) is 8.79. The summed E-state index contributed by atoms with van der Waals surface area (Å²) in [6.45, 7) is 4.81. The van der Waals surface area contributed by atoms with Gasteiger partial charge in [0, 0.05) is 0 Å². The molecule has 3 saturated carbocycles. The summed E-state index contributed by atoms with van der Waals surface area (Å²) in [6, 6.07) is 0. The summed E-state index contributed by atoms with van der Waals surface area (Å²) >= 11 is 0. The first kappa shape index (κ1) is 14.3. The Kier molecular flexibility index (Phi) is 3.11. The molecule has 4 aliphatic rings. The van der Waals surface area contributed by atoms with Crippen LogP contribution < -0.4 is 0 Å². The third-order valence-corrected chi connectivity index (χ3v) is 8.03. The van der Waals surface area contributed by atoms with Gasteiger partial charge in [-0.1, -0.05) is 25.5 Å². The molecule has 0 heterocycles. The lowest BCUT2D eigenvalue weighted by atomic mass is 9.48. The Labute approximate surface area is 128 Å². The first-order valence-electron chi connectivity index (χ1n) is 9.01. The standard InChI is InChI=1S/C19H30O2/c1-18-9-7-13(20)11-12(18)3-4-14-15-5-6-17(21)19(15,2)10-8-16(14)18/h3,13-17,20-21H,4-11H2,1-2H3/t13-,14?,15?,16?,17-,18-,19-/m0/s1. The second kappa shape index (κ2) is 4.58. The summed E-state index contributed by atoms with van der Waals surface area (Å²) in [4.78, 5) is 0. The van der Waals surface area contributed by atoms with E-state index in [4.69, 9.17) is 0 Å². The van der Waals surface area contributed by atoms with Gasteiger partial charge in [-0.25, -0.2) is 0 Å². The van der Waals surface area contributed by atoms with Crippen LogP contribution in [0.2, 0.25) is 0 Å².